The van der Waals surface area contributed by atoms with Gasteiger partial charge in [-0.3, -0.25) is 9.59 Å². The maximum atomic E-state index is 13.7. The molecule has 0 aromatic rings. The molecule has 1 spiro atoms. The number of methoxy groups -OCH3 is 1. The van der Waals surface area contributed by atoms with Crippen LogP contribution in [0, 0.1) is 34.5 Å². The number of hydrogen-bond acceptors (Lipinski definition) is 6. The van der Waals surface area contributed by atoms with E-state index in [2.05, 4.69) is 45.9 Å². The van der Waals surface area contributed by atoms with Crippen LogP contribution in [0.25, 0.3) is 0 Å². The predicted molar refractivity (Wildman–Crippen MR) is 134 cm³/mol. The second-order valence-corrected chi connectivity index (χ2v) is 22.7. The minimum absolute atomic E-state index is 0.0737. The van der Waals surface area contributed by atoms with Gasteiger partial charge in [0.15, 0.2) is 16.6 Å². The third-order valence-electron chi connectivity index (χ3n) is 9.65. The van der Waals surface area contributed by atoms with Gasteiger partial charge >= 0.3 is 11.9 Å². The number of carbonyl (C=O) groups is 2. The maximum absolute atomic E-state index is 13.7. The van der Waals surface area contributed by atoms with Crippen LogP contribution in [-0.2, 0) is 27.9 Å². The van der Waals surface area contributed by atoms with E-state index in [1.165, 1.54) is 12.7 Å². The molecular formula is C26H42O6Si2. The molecule has 1 aliphatic heterocycles. The quantitative estimate of drug-likeness (QED) is 0.300. The van der Waals surface area contributed by atoms with Crippen molar-refractivity contribution in [1.82, 2.24) is 0 Å². The molecule has 0 amide bonds. The molecule has 4 unspecified atom stereocenters. The number of ether oxygens (including phenoxy) is 2. The van der Waals surface area contributed by atoms with Gasteiger partial charge in [0.1, 0.15) is 5.60 Å². The zero-order chi connectivity index (χ0) is 25.1. The van der Waals surface area contributed by atoms with E-state index in [-0.39, 0.29) is 53.2 Å². The molecule has 6 nitrogen and oxygen atoms in total. The number of rotatable bonds is 5. The smallest absolute Gasteiger partial charge is 0.315 e. The first kappa shape index (κ1) is 24.7. The molecule has 0 aromatic heterocycles. The lowest BCUT2D eigenvalue weighted by molar-refractivity contribution is -0.165. The average molecular weight is 507 g/mol. The highest BCUT2D eigenvalue weighted by molar-refractivity contribution is 6.70. The van der Waals surface area contributed by atoms with Crippen molar-refractivity contribution in [2.24, 2.45) is 34.5 Å². The Morgan fingerprint density at radius 2 is 1.76 bits per heavy atom. The second-order valence-electron chi connectivity index (χ2n) is 13.8. The van der Waals surface area contributed by atoms with Crippen LogP contribution < -0.4 is 0 Å². The molecule has 5 rings (SSSR count). The molecule has 1 saturated heterocycles. The summed E-state index contributed by atoms with van der Waals surface area (Å²) in [6.45, 7) is 19.7. The maximum Gasteiger partial charge on any atom is 0.315 e. The number of fused-ring (bicyclic) bond motifs is 1. The number of carbonyl (C=O) groups excluding carboxylic acids is 2. The van der Waals surface area contributed by atoms with Crippen LogP contribution in [0.15, 0.2) is 12.2 Å². The summed E-state index contributed by atoms with van der Waals surface area (Å²) in [7, 11) is -2.24. The highest BCUT2D eigenvalue weighted by atomic mass is 28.4. The fraction of sp³-hybridized carbons (Fsp3) is 0.846. The monoisotopic (exact) mass is 506 g/mol. The summed E-state index contributed by atoms with van der Waals surface area (Å²) >= 11 is 0. The SMILES string of the molecule is C=C1C[C@]23C[C@H]1[C@H](O[Si](C)(C)C)CC2[C@@]12CC[C@H](O[Si](C)(C)C)C(C)(C(=O)O1)C2C3C(=O)OC. The van der Waals surface area contributed by atoms with E-state index in [4.69, 9.17) is 18.3 Å². The minimum Gasteiger partial charge on any atom is -0.469 e. The molecule has 1 heterocycles. The number of esters is 2. The van der Waals surface area contributed by atoms with E-state index in [0.29, 0.717) is 0 Å². The molecule has 4 aliphatic carbocycles. The molecule has 8 heteroatoms. The molecular weight excluding hydrogens is 464 g/mol. The lowest BCUT2D eigenvalue weighted by atomic mass is 9.59. The second kappa shape index (κ2) is 7.29. The summed E-state index contributed by atoms with van der Waals surface area (Å²) in [5.74, 6) is -0.692. The van der Waals surface area contributed by atoms with Gasteiger partial charge in [-0.05, 0) is 83.7 Å². The van der Waals surface area contributed by atoms with Crippen LogP contribution >= 0.6 is 0 Å². The molecule has 0 N–H and O–H groups in total. The van der Waals surface area contributed by atoms with Crippen molar-refractivity contribution >= 4 is 28.6 Å². The fourth-order valence-electron chi connectivity index (χ4n) is 8.90. The van der Waals surface area contributed by atoms with E-state index >= 15 is 0 Å². The fourth-order valence-corrected chi connectivity index (χ4v) is 11.3. The summed E-state index contributed by atoms with van der Waals surface area (Å²) in [4.78, 5) is 27.3. The summed E-state index contributed by atoms with van der Waals surface area (Å²) < 4.78 is 25.3. The minimum atomic E-state index is -1.92. The van der Waals surface area contributed by atoms with Gasteiger partial charge in [0.25, 0.3) is 0 Å². The summed E-state index contributed by atoms with van der Waals surface area (Å²) in [5.41, 5.74) is -0.593. The van der Waals surface area contributed by atoms with Gasteiger partial charge in [-0.2, -0.15) is 0 Å². The standard InChI is InChI=1S/C26H42O6Si2/c1-15-13-25-14-16(15)17(31-33(4,5)6)12-18(25)26-11-10-19(32-34(7,8)9)24(2,23(28)30-26)21(26)20(25)22(27)29-3/h16-21H,1,10-14H2,2-9H3/t16-,17-,18?,19+,20?,21?,24?,25+,26-/m1/s1. The molecule has 190 valence electrons. The zero-order valence-electron chi connectivity index (χ0n) is 22.2. The van der Waals surface area contributed by atoms with Crippen molar-refractivity contribution in [2.75, 3.05) is 7.11 Å². The Hall–Kier alpha value is -0.966. The highest BCUT2D eigenvalue weighted by Crippen LogP contribution is 2.78. The Balaban J connectivity index is 1.65. The van der Waals surface area contributed by atoms with Crippen molar-refractivity contribution in [2.45, 2.75) is 96.1 Å². The molecule has 5 aliphatic rings. The Morgan fingerprint density at radius 3 is 2.35 bits per heavy atom. The van der Waals surface area contributed by atoms with Crippen molar-refractivity contribution in [3.8, 4) is 0 Å². The van der Waals surface area contributed by atoms with Gasteiger partial charge in [0.05, 0.1) is 30.7 Å². The van der Waals surface area contributed by atoms with Gasteiger partial charge in [-0.15, -0.1) is 0 Å². The van der Waals surface area contributed by atoms with E-state index in [1.54, 1.807) is 0 Å². The third kappa shape index (κ3) is 3.17. The first-order chi connectivity index (χ1) is 15.6. The van der Waals surface area contributed by atoms with E-state index < -0.39 is 27.7 Å². The first-order valence-electron chi connectivity index (χ1n) is 12.9. The molecule has 0 aromatic carbocycles. The number of hydrogen-bond donors (Lipinski definition) is 0. The molecule has 4 bridgehead atoms. The van der Waals surface area contributed by atoms with Crippen molar-refractivity contribution in [3.63, 3.8) is 0 Å². The molecule has 4 saturated carbocycles. The summed E-state index contributed by atoms with van der Waals surface area (Å²) in [6.07, 6.45) is 3.85. The van der Waals surface area contributed by atoms with Gasteiger partial charge in [0.2, 0.25) is 0 Å². The van der Waals surface area contributed by atoms with Crippen LogP contribution in [0.1, 0.15) is 39.0 Å². The first-order valence-corrected chi connectivity index (χ1v) is 19.8. The van der Waals surface area contributed by atoms with Gasteiger partial charge in [-0.25, -0.2) is 0 Å². The van der Waals surface area contributed by atoms with Gasteiger partial charge < -0.3 is 18.3 Å². The average Bonchev–Trinajstić information content (AvgIpc) is 3.18. The van der Waals surface area contributed by atoms with E-state index in [1.807, 2.05) is 6.92 Å². The topological polar surface area (TPSA) is 71.1 Å². The lowest BCUT2D eigenvalue weighted by Gasteiger charge is -2.48. The van der Waals surface area contributed by atoms with Gasteiger partial charge in [-0.1, -0.05) is 12.2 Å². The molecule has 9 atom stereocenters. The van der Waals surface area contributed by atoms with Crippen LogP contribution in [0.5, 0.6) is 0 Å². The van der Waals surface area contributed by atoms with E-state index in [0.717, 1.165) is 32.1 Å². The Kier molecular flexibility index (Phi) is 5.30. The van der Waals surface area contributed by atoms with Crippen molar-refractivity contribution in [1.29, 1.82) is 0 Å². The molecule has 0 radical (unpaired) electrons. The normalized spacial score (nSPS) is 47.3. The van der Waals surface area contributed by atoms with Crippen LogP contribution in [0.3, 0.4) is 0 Å². The lowest BCUT2D eigenvalue weighted by Crippen LogP contribution is -2.56. The molecule has 5 fully saturated rings. The molecule has 34 heavy (non-hydrogen) atoms. The largest absolute Gasteiger partial charge is 0.469 e. The van der Waals surface area contributed by atoms with Crippen LogP contribution in [0.2, 0.25) is 39.3 Å². The Labute approximate surface area is 206 Å². The predicted octanol–water partition coefficient (Wildman–Crippen LogP) is 4.91. The van der Waals surface area contributed by atoms with E-state index in [9.17, 15) is 9.59 Å². The Morgan fingerprint density at radius 1 is 1.12 bits per heavy atom. The third-order valence-corrected chi connectivity index (χ3v) is 11.7. The summed E-state index contributed by atoms with van der Waals surface area (Å²) in [6, 6.07) is 0. The van der Waals surface area contributed by atoms with Crippen molar-refractivity contribution in [3.05, 3.63) is 12.2 Å². The van der Waals surface area contributed by atoms with Gasteiger partial charge in [0, 0.05) is 17.8 Å². The Bertz CT molecular complexity index is 937. The van der Waals surface area contributed by atoms with Crippen LogP contribution in [-0.4, -0.2) is 53.5 Å². The zero-order valence-corrected chi connectivity index (χ0v) is 24.2. The summed E-state index contributed by atoms with van der Waals surface area (Å²) in [5, 5.41) is 0. The van der Waals surface area contributed by atoms with Crippen molar-refractivity contribution < 1.29 is 27.9 Å². The highest BCUT2D eigenvalue weighted by Gasteiger charge is 2.84. The van der Waals surface area contributed by atoms with Crippen LogP contribution in [0.4, 0.5) is 0 Å².